The first-order valence-electron chi connectivity index (χ1n) is 4.59. The van der Waals surface area contributed by atoms with Crippen LogP contribution < -0.4 is 0 Å². The van der Waals surface area contributed by atoms with Crippen molar-refractivity contribution in [1.82, 2.24) is 0 Å². The molecule has 80 valence electrons. The number of Topliss-reactive ketones (excluding diaryl/α,β-unsaturated/α-hetero) is 2. The Morgan fingerprint density at radius 1 is 1.14 bits per heavy atom. The minimum absolute atomic E-state index is 0.182. The first kappa shape index (κ1) is 12.8. The molecule has 0 aromatic heterocycles. The fourth-order valence-electron chi connectivity index (χ4n) is 1.19. The lowest BCUT2D eigenvalue weighted by molar-refractivity contribution is -0.155. The van der Waals surface area contributed by atoms with Crippen molar-refractivity contribution in [3.63, 3.8) is 0 Å². The van der Waals surface area contributed by atoms with E-state index in [1.165, 1.54) is 13.8 Å². The van der Waals surface area contributed by atoms with Gasteiger partial charge in [-0.3, -0.25) is 14.4 Å². The van der Waals surface area contributed by atoms with Crippen LogP contribution in [0.2, 0.25) is 0 Å². The van der Waals surface area contributed by atoms with Crippen LogP contribution in [0.1, 0.15) is 27.7 Å². The Kier molecular flexibility index (Phi) is 5.05. The van der Waals surface area contributed by atoms with Gasteiger partial charge in [0.1, 0.15) is 17.5 Å². The molecule has 14 heavy (non-hydrogen) atoms. The zero-order valence-electron chi connectivity index (χ0n) is 8.99. The van der Waals surface area contributed by atoms with Crippen LogP contribution in [0.5, 0.6) is 0 Å². The van der Waals surface area contributed by atoms with Gasteiger partial charge >= 0.3 is 5.97 Å². The molecule has 0 amide bonds. The number of rotatable bonds is 5. The molecule has 0 unspecified atom stereocenters. The standard InChI is InChI=1S/C10H16O4/c1-5-14-10(13)9(8(4)12)6(2)7(3)11/h6,9H,5H2,1-4H3/t6-,9+/m0/s1. The highest BCUT2D eigenvalue weighted by Gasteiger charge is 2.33. The molecule has 0 aliphatic heterocycles. The Morgan fingerprint density at radius 2 is 1.64 bits per heavy atom. The van der Waals surface area contributed by atoms with Crippen LogP contribution >= 0.6 is 0 Å². The summed E-state index contributed by atoms with van der Waals surface area (Å²) in [4.78, 5) is 33.5. The normalized spacial score (nSPS) is 14.3. The molecule has 4 heteroatoms. The summed E-state index contributed by atoms with van der Waals surface area (Å²) in [5.74, 6) is -2.67. The van der Waals surface area contributed by atoms with Crippen molar-refractivity contribution >= 4 is 17.5 Å². The Bertz CT molecular complexity index is 245. The Balaban J connectivity index is 4.68. The van der Waals surface area contributed by atoms with Crippen molar-refractivity contribution in [2.75, 3.05) is 6.61 Å². The maximum atomic E-state index is 11.3. The first-order valence-corrected chi connectivity index (χ1v) is 4.59. The van der Waals surface area contributed by atoms with Gasteiger partial charge in [0, 0.05) is 5.92 Å². The summed E-state index contributed by atoms with van der Waals surface area (Å²) in [5.41, 5.74) is 0. The molecule has 0 saturated carbocycles. The lowest BCUT2D eigenvalue weighted by Crippen LogP contribution is -2.33. The quantitative estimate of drug-likeness (QED) is 0.490. The Labute approximate surface area is 83.6 Å². The van der Waals surface area contributed by atoms with E-state index in [1.807, 2.05) is 0 Å². The third kappa shape index (κ3) is 3.28. The second-order valence-corrected chi connectivity index (χ2v) is 3.24. The van der Waals surface area contributed by atoms with Crippen molar-refractivity contribution in [2.45, 2.75) is 27.7 Å². The highest BCUT2D eigenvalue weighted by Crippen LogP contribution is 2.15. The molecule has 0 bridgehead atoms. The molecule has 0 aromatic rings. The van der Waals surface area contributed by atoms with Gasteiger partial charge in [-0.15, -0.1) is 0 Å². The third-order valence-corrected chi connectivity index (χ3v) is 2.12. The molecular formula is C10H16O4. The fraction of sp³-hybridized carbons (Fsp3) is 0.700. The molecule has 4 nitrogen and oxygen atoms in total. The van der Waals surface area contributed by atoms with Gasteiger partial charge in [0.25, 0.3) is 0 Å². The van der Waals surface area contributed by atoms with Crippen molar-refractivity contribution in [3.8, 4) is 0 Å². The zero-order valence-corrected chi connectivity index (χ0v) is 8.99. The average Bonchev–Trinajstić information content (AvgIpc) is 2.03. The lowest BCUT2D eigenvalue weighted by atomic mass is 9.88. The van der Waals surface area contributed by atoms with Gasteiger partial charge in [-0.25, -0.2) is 0 Å². The van der Waals surface area contributed by atoms with E-state index in [0.717, 1.165) is 0 Å². The second-order valence-electron chi connectivity index (χ2n) is 3.24. The van der Waals surface area contributed by atoms with Crippen LogP contribution in [0.15, 0.2) is 0 Å². The molecular weight excluding hydrogens is 184 g/mol. The van der Waals surface area contributed by atoms with Crippen molar-refractivity contribution in [1.29, 1.82) is 0 Å². The highest BCUT2D eigenvalue weighted by molar-refractivity contribution is 6.02. The molecule has 0 aliphatic carbocycles. The highest BCUT2D eigenvalue weighted by atomic mass is 16.5. The molecule has 0 aliphatic rings. The summed E-state index contributed by atoms with van der Waals surface area (Å²) in [5, 5.41) is 0. The molecule has 0 fully saturated rings. The molecule has 0 heterocycles. The monoisotopic (exact) mass is 200 g/mol. The SMILES string of the molecule is CCOC(=O)[C@@H](C(C)=O)[C@@H](C)C(C)=O. The minimum atomic E-state index is -0.951. The van der Waals surface area contributed by atoms with Crippen molar-refractivity contribution in [3.05, 3.63) is 0 Å². The summed E-state index contributed by atoms with van der Waals surface area (Å²) in [6, 6.07) is 0. The van der Waals surface area contributed by atoms with Gasteiger partial charge in [0.2, 0.25) is 0 Å². The summed E-state index contributed by atoms with van der Waals surface area (Å²) in [6.07, 6.45) is 0. The third-order valence-electron chi connectivity index (χ3n) is 2.12. The molecule has 0 spiro atoms. The lowest BCUT2D eigenvalue weighted by Gasteiger charge is -2.17. The zero-order chi connectivity index (χ0) is 11.3. The molecule has 0 N–H and O–H groups in total. The number of carbonyl (C=O) groups is 3. The number of carbonyl (C=O) groups excluding carboxylic acids is 3. The van der Waals surface area contributed by atoms with E-state index in [0.29, 0.717) is 0 Å². The summed E-state index contributed by atoms with van der Waals surface area (Å²) in [6.45, 7) is 6.09. The second kappa shape index (κ2) is 5.52. The Morgan fingerprint density at radius 3 is 1.93 bits per heavy atom. The average molecular weight is 200 g/mol. The predicted octanol–water partition coefficient (Wildman–Crippen LogP) is 0.980. The molecule has 2 atom stereocenters. The van der Waals surface area contributed by atoms with Crippen LogP contribution in [0.4, 0.5) is 0 Å². The van der Waals surface area contributed by atoms with Gasteiger partial charge in [-0.05, 0) is 20.8 Å². The maximum absolute atomic E-state index is 11.3. The molecule has 0 rings (SSSR count). The minimum Gasteiger partial charge on any atom is -0.465 e. The number of hydrogen-bond donors (Lipinski definition) is 0. The number of hydrogen-bond acceptors (Lipinski definition) is 4. The van der Waals surface area contributed by atoms with E-state index in [2.05, 4.69) is 0 Å². The van der Waals surface area contributed by atoms with Crippen molar-refractivity contribution < 1.29 is 19.1 Å². The van der Waals surface area contributed by atoms with Crippen LogP contribution in [-0.2, 0) is 19.1 Å². The maximum Gasteiger partial charge on any atom is 0.317 e. The van der Waals surface area contributed by atoms with E-state index in [4.69, 9.17) is 4.74 Å². The van der Waals surface area contributed by atoms with Gasteiger partial charge in [0.15, 0.2) is 0 Å². The Hall–Kier alpha value is -1.19. The van der Waals surface area contributed by atoms with Crippen LogP contribution in [0, 0.1) is 11.8 Å². The van der Waals surface area contributed by atoms with Crippen molar-refractivity contribution in [2.24, 2.45) is 11.8 Å². The number of esters is 1. The van der Waals surface area contributed by atoms with Crippen LogP contribution in [0.3, 0.4) is 0 Å². The van der Waals surface area contributed by atoms with Gasteiger partial charge < -0.3 is 4.74 Å². The van der Waals surface area contributed by atoms with Gasteiger partial charge in [-0.2, -0.15) is 0 Å². The van der Waals surface area contributed by atoms with Gasteiger partial charge in [0.05, 0.1) is 6.61 Å². The molecule has 0 saturated heterocycles. The molecule has 0 radical (unpaired) electrons. The smallest absolute Gasteiger partial charge is 0.317 e. The first-order chi connectivity index (χ1) is 6.41. The number of ketones is 2. The van der Waals surface area contributed by atoms with E-state index >= 15 is 0 Å². The topological polar surface area (TPSA) is 60.4 Å². The van der Waals surface area contributed by atoms with E-state index < -0.39 is 17.8 Å². The summed E-state index contributed by atoms with van der Waals surface area (Å²) in [7, 11) is 0. The van der Waals surface area contributed by atoms with Gasteiger partial charge in [-0.1, -0.05) is 6.92 Å². The van der Waals surface area contributed by atoms with E-state index in [1.54, 1.807) is 13.8 Å². The predicted molar refractivity (Wildman–Crippen MR) is 50.6 cm³/mol. The number of ether oxygens (including phenoxy) is 1. The van der Waals surface area contributed by atoms with E-state index in [-0.39, 0.29) is 18.2 Å². The fourth-order valence-corrected chi connectivity index (χ4v) is 1.19. The van der Waals surface area contributed by atoms with Crippen LogP contribution in [-0.4, -0.2) is 24.1 Å². The van der Waals surface area contributed by atoms with Crippen LogP contribution in [0.25, 0.3) is 0 Å². The molecule has 0 aromatic carbocycles. The summed E-state index contributed by atoms with van der Waals surface area (Å²) < 4.78 is 4.72. The summed E-state index contributed by atoms with van der Waals surface area (Å²) >= 11 is 0. The van der Waals surface area contributed by atoms with E-state index in [9.17, 15) is 14.4 Å². The largest absolute Gasteiger partial charge is 0.465 e.